The van der Waals surface area contributed by atoms with Crippen molar-refractivity contribution in [3.05, 3.63) is 71.8 Å². The normalized spacial score (nSPS) is 13.5. The van der Waals surface area contributed by atoms with Crippen LogP contribution in [0, 0.1) is 0 Å². The second-order valence-electron chi connectivity index (χ2n) is 7.74. The van der Waals surface area contributed by atoms with E-state index in [0.717, 1.165) is 16.9 Å². The second-order valence-corrected chi connectivity index (χ2v) is 7.74. The van der Waals surface area contributed by atoms with Crippen molar-refractivity contribution in [3.63, 3.8) is 0 Å². The van der Waals surface area contributed by atoms with Gasteiger partial charge in [0.1, 0.15) is 5.75 Å². The van der Waals surface area contributed by atoms with E-state index < -0.39 is 0 Å². The molecule has 1 aliphatic rings. The van der Waals surface area contributed by atoms with Crippen LogP contribution in [0.1, 0.15) is 15.9 Å². The monoisotopic (exact) mass is 446 g/mol. The van der Waals surface area contributed by atoms with Crippen molar-refractivity contribution in [2.75, 3.05) is 40.4 Å². The summed E-state index contributed by atoms with van der Waals surface area (Å²) in [5.41, 5.74) is 3.00. The summed E-state index contributed by atoms with van der Waals surface area (Å²) in [7, 11) is 3.15. The smallest absolute Gasteiger partial charge is 0.253 e. The van der Waals surface area contributed by atoms with E-state index in [0.29, 0.717) is 49.7 Å². The third kappa shape index (κ3) is 5.28. The van der Waals surface area contributed by atoms with Gasteiger partial charge in [-0.2, -0.15) is 0 Å². The zero-order valence-electron chi connectivity index (χ0n) is 18.7. The molecule has 1 fully saturated rings. The van der Waals surface area contributed by atoms with Crippen molar-refractivity contribution < 1.29 is 19.1 Å². The van der Waals surface area contributed by atoms with Crippen LogP contribution in [0.15, 0.2) is 60.7 Å². The van der Waals surface area contributed by atoms with Crippen LogP contribution in [0.4, 0.5) is 0 Å². The highest BCUT2D eigenvalue weighted by molar-refractivity contribution is 5.95. The number of rotatable bonds is 6. The number of hydrogen-bond acceptors (Lipinski definition) is 6. The summed E-state index contributed by atoms with van der Waals surface area (Å²) in [6.07, 6.45) is 0.336. The van der Waals surface area contributed by atoms with Gasteiger partial charge in [-0.1, -0.05) is 24.3 Å². The average Bonchev–Trinajstić information content (AvgIpc) is 2.89. The highest BCUT2D eigenvalue weighted by Crippen LogP contribution is 2.20. The molecule has 1 aliphatic heterocycles. The molecular weight excluding hydrogens is 420 g/mol. The lowest BCUT2D eigenvalue weighted by Crippen LogP contribution is -2.51. The van der Waals surface area contributed by atoms with Crippen LogP contribution in [-0.2, 0) is 11.2 Å². The molecule has 1 saturated heterocycles. The topological polar surface area (TPSA) is 84.9 Å². The van der Waals surface area contributed by atoms with E-state index in [1.54, 1.807) is 24.1 Å². The van der Waals surface area contributed by atoms with E-state index >= 15 is 0 Å². The molecule has 0 spiro atoms. The summed E-state index contributed by atoms with van der Waals surface area (Å²) in [6, 6.07) is 18.4. The predicted octanol–water partition coefficient (Wildman–Crippen LogP) is 2.69. The van der Waals surface area contributed by atoms with Gasteiger partial charge in [-0.3, -0.25) is 9.59 Å². The fourth-order valence-electron chi connectivity index (χ4n) is 3.77. The minimum atomic E-state index is -0.0550. The maximum atomic E-state index is 13.1. The second kappa shape index (κ2) is 10.1. The molecule has 33 heavy (non-hydrogen) atoms. The molecule has 0 aliphatic carbocycles. The number of amides is 2. The van der Waals surface area contributed by atoms with Crippen molar-refractivity contribution in [3.8, 4) is 22.9 Å². The first kappa shape index (κ1) is 22.3. The van der Waals surface area contributed by atoms with Gasteiger partial charge in [0.15, 0.2) is 0 Å². The van der Waals surface area contributed by atoms with Crippen LogP contribution in [0.2, 0.25) is 0 Å². The van der Waals surface area contributed by atoms with E-state index in [2.05, 4.69) is 10.2 Å². The van der Waals surface area contributed by atoms with Crippen molar-refractivity contribution in [1.29, 1.82) is 0 Å². The summed E-state index contributed by atoms with van der Waals surface area (Å²) < 4.78 is 10.2. The number of aromatic nitrogens is 2. The van der Waals surface area contributed by atoms with Gasteiger partial charge in [-0.25, -0.2) is 0 Å². The van der Waals surface area contributed by atoms with E-state index in [1.165, 1.54) is 7.11 Å². The van der Waals surface area contributed by atoms with Crippen molar-refractivity contribution in [2.24, 2.45) is 0 Å². The minimum Gasteiger partial charge on any atom is -0.497 e. The van der Waals surface area contributed by atoms with Crippen LogP contribution in [-0.4, -0.2) is 72.2 Å². The van der Waals surface area contributed by atoms with Gasteiger partial charge in [0, 0.05) is 43.4 Å². The van der Waals surface area contributed by atoms with Crippen LogP contribution in [0.25, 0.3) is 11.3 Å². The van der Waals surface area contributed by atoms with Gasteiger partial charge in [0.25, 0.3) is 5.91 Å². The molecule has 4 rings (SSSR count). The Morgan fingerprint density at radius 2 is 1.58 bits per heavy atom. The molecule has 0 bridgehead atoms. The van der Waals surface area contributed by atoms with Crippen molar-refractivity contribution in [1.82, 2.24) is 20.0 Å². The molecule has 2 amide bonds. The molecular formula is C25H26N4O4. The lowest BCUT2D eigenvalue weighted by atomic mass is 10.1. The fraction of sp³-hybridized carbons (Fsp3) is 0.280. The Labute approximate surface area is 192 Å². The first-order valence-electron chi connectivity index (χ1n) is 10.8. The van der Waals surface area contributed by atoms with Gasteiger partial charge < -0.3 is 19.3 Å². The summed E-state index contributed by atoms with van der Waals surface area (Å²) in [5, 5.41) is 8.15. The maximum absolute atomic E-state index is 13.1. The van der Waals surface area contributed by atoms with Gasteiger partial charge in [0.2, 0.25) is 11.8 Å². The molecule has 8 nitrogen and oxygen atoms in total. The Morgan fingerprint density at radius 3 is 2.21 bits per heavy atom. The van der Waals surface area contributed by atoms with Crippen LogP contribution in [0.5, 0.6) is 11.6 Å². The lowest BCUT2D eigenvalue weighted by Gasteiger charge is -2.35. The fourth-order valence-corrected chi connectivity index (χ4v) is 3.77. The number of piperazine rings is 1. The third-order valence-corrected chi connectivity index (χ3v) is 5.69. The van der Waals surface area contributed by atoms with Gasteiger partial charge in [-0.15, -0.1) is 10.2 Å². The Kier molecular flexibility index (Phi) is 6.83. The Morgan fingerprint density at radius 1 is 0.848 bits per heavy atom. The number of carbonyl (C=O) groups excluding carboxylic acids is 2. The molecule has 0 unspecified atom stereocenters. The van der Waals surface area contributed by atoms with Gasteiger partial charge in [-0.05, 0) is 35.9 Å². The molecule has 3 aromatic rings. The molecule has 0 N–H and O–H groups in total. The number of methoxy groups -OCH3 is 2. The van der Waals surface area contributed by atoms with E-state index in [9.17, 15) is 9.59 Å². The third-order valence-electron chi connectivity index (χ3n) is 5.69. The standard InChI is InChI=1S/C25H26N4O4/c1-32-21-8-6-18(7-9-21)16-24(30)28-12-14-29(15-13-28)25(31)20-5-3-4-19(17-20)22-10-11-23(33-2)27-26-22/h3-11,17H,12-16H2,1-2H3. The number of benzene rings is 2. The van der Waals surface area contributed by atoms with Crippen LogP contribution >= 0.6 is 0 Å². The highest BCUT2D eigenvalue weighted by Gasteiger charge is 2.25. The molecule has 0 atom stereocenters. The molecule has 1 aromatic heterocycles. The first-order valence-corrected chi connectivity index (χ1v) is 10.8. The molecule has 170 valence electrons. The lowest BCUT2D eigenvalue weighted by molar-refractivity contribution is -0.131. The van der Waals surface area contributed by atoms with Crippen molar-refractivity contribution in [2.45, 2.75) is 6.42 Å². The number of ether oxygens (including phenoxy) is 2. The molecule has 8 heteroatoms. The zero-order valence-corrected chi connectivity index (χ0v) is 18.7. The largest absolute Gasteiger partial charge is 0.497 e. The first-order chi connectivity index (χ1) is 16.1. The number of hydrogen-bond donors (Lipinski definition) is 0. The summed E-state index contributed by atoms with van der Waals surface area (Å²) in [4.78, 5) is 29.4. The molecule has 2 aromatic carbocycles. The quantitative estimate of drug-likeness (QED) is 0.579. The summed E-state index contributed by atoms with van der Waals surface area (Å²) in [5.74, 6) is 1.21. The SMILES string of the molecule is COc1ccc(CC(=O)N2CCN(C(=O)c3cccc(-c4ccc(OC)nn4)c3)CC2)cc1. The summed E-state index contributed by atoms with van der Waals surface area (Å²) >= 11 is 0. The molecule has 0 saturated carbocycles. The van der Waals surface area contributed by atoms with Gasteiger partial charge >= 0.3 is 0 Å². The number of carbonyl (C=O) groups is 2. The van der Waals surface area contributed by atoms with Crippen LogP contribution < -0.4 is 9.47 Å². The Hall–Kier alpha value is -3.94. The minimum absolute atomic E-state index is 0.0550. The van der Waals surface area contributed by atoms with Crippen molar-refractivity contribution >= 4 is 11.8 Å². The number of nitrogens with zero attached hydrogens (tertiary/aromatic N) is 4. The molecule has 2 heterocycles. The maximum Gasteiger partial charge on any atom is 0.253 e. The van der Waals surface area contributed by atoms with E-state index in [4.69, 9.17) is 9.47 Å². The van der Waals surface area contributed by atoms with Gasteiger partial charge in [0.05, 0.1) is 26.3 Å². The van der Waals surface area contributed by atoms with E-state index in [1.807, 2.05) is 53.4 Å². The predicted molar refractivity (Wildman–Crippen MR) is 123 cm³/mol. The van der Waals surface area contributed by atoms with E-state index in [-0.39, 0.29) is 11.8 Å². The average molecular weight is 447 g/mol. The summed E-state index contributed by atoms with van der Waals surface area (Å²) in [6.45, 7) is 2.04. The van der Waals surface area contributed by atoms with Crippen LogP contribution in [0.3, 0.4) is 0 Å². The molecule has 0 radical (unpaired) electrons. The highest BCUT2D eigenvalue weighted by atomic mass is 16.5. The Balaban J connectivity index is 1.35. The Bertz CT molecular complexity index is 1110. The zero-order chi connectivity index (χ0) is 23.2.